The van der Waals surface area contributed by atoms with E-state index in [9.17, 15) is 0 Å². The van der Waals surface area contributed by atoms with Gasteiger partial charge in [-0.15, -0.1) is 0 Å². The molecule has 1 aromatic heterocycles. The van der Waals surface area contributed by atoms with Crippen LogP contribution in [0, 0.1) is 0 Å². The topological polar surface area (TPSA) is 71.2 Å². The maximum Gasteiger partial charge on any atom is 0.161 e. The molecule has 0 fully saturated rings. The molecule has 2 rings (SSSR count). The number of aromatic nitrogens is 4. The van der Waals surface area contributed by atoms with Crippen molar-refractivity contribution in [3.63, 3.8) is 0 Å². The first-order valence-corrected chi connectivity index (χ1v) is 5.16. The number of halogens is 1. The Hall–Kier alpha value is -1.63. The van der Waals surface area contributed by atoms with E-state index < -0.39 is 0 Å². The van der Waals surface area contributed by atoms with Gasteiger partial charge >= 0.3 is 0 Å². The second-order valence-electron chi connectivity index (χ2n) is 2.89. The SMILES string of the molecule is COc1cc(Br)c(-c2nnn[n-]2)cc1OC. The fourth-order valence-corrected chi connectivity index (χ4v) is 1.78. The minimum absolute atomic E-state index is 0.438. The molecule has 0 spiro atoms. The Labute approximate surface area is 100 Å². The van der Waals surface area contributed by atoms with Crippen LogP contribution in [0.15, 0.2) is 16.6 Å². The van der Waals surface area contributed by atoms with Gasteiger partial charge in [-0.05, 0) is 28.1 Å². The molecule has 0 aliphatic rings. The molecule has 0 saturated carbocycles. The molecular formula is C9H8BrN4O2-. The van der Waals surface area contributed by atoms with Crippen LogP contribution < -0.4 is 14.6 Å². The van der Waals surface area contributed by atoms with Gasteiger partial charge in [-0.1, -0.05) is 0 Å². The summed E-state index contributed by atoms with van der Waals surface area (Å²) >= 11 is 3.40. The predicted molar refractivity (Wildman–Crippen MR) is 59.4 cm³/mol. The molecule has 0 amide bonds. The summed E-state index contributed by atoms with van der Waals surface area (Å²) in [5.74, 6) is 1.67. The summed E-state index contributed by atoms with van der Waals surface area (Å²) < 4.78 is 11.1. The number of methoxy groups -OCH3 is 2. The average molecular weight is 284 g/mol. The van der Waals surface area contributed by atoms with Gasteiger partial charge in [-0.2, -0.15) is 5.21 Å². The van der Waals surface area contributed by atoms with Crippen molar-refractivity contribution in [1.29, 1.82) is 0 Å². The van der Waals surface area contributed by atoms with Crippen LogP contribution in [0.3, 0.4) is 0 Å². The van der Waals surface area contributed by atoms with Crippen molar-refractivity contribution in [2.75, 3.05) is 14.2 Å². The Balaban J connectivity index is 2.55. The minimum Gasteiger partial charge on any atom is -0.493 e. The van der Waals surface area contributed by atoms with Crippen LogP contribution in [-0.4, -0.2) is 29.7 Å². The van der Waals surface area contributed by atoms with E-state index in [1.165, 1.54) is 0 Å². The Kier molecular flexibility index (Phi) is 3.04. The molecule has 1 heterocycles. The number of rotatable bonds is 3. The van der Waals surface area contributed by atoms with E-state index in [-0.39, 0.29) is 0 Å². The molecule has 7 heteroatoms. The van der Waals surface area contributed by atoms with Gasteiger partial charge in [0, 0.05) is 15.9 Å². The van der Waals surface area contributed by atoms with Crippen LogP contribution in [0.2, 0.25) is 0 Å². The van der Waals surface area contributed by atoms with E-state index in [4.69, 9.17) is 9.47 Å². The molecule has 0 saturated heterocycles. The average Bonchev–Trinajstić information content (AvgIpc) is 2.82. The van der Waals surface area contributed by atoms with E-state index in [1.807, 2.05) is 0 Å². The van der Waals surface area contributed by atoms with Crippen molar-refractivity contribution in [2.24, 2.45) is 0 Å². The fourth-order valence-electron chi connectivity index (χ4n) is 1.28. The van der Waals surface area contributed by atoms with Gasteiger partial charge in [0.2, 0.25) is 0 Å². The van der Waals surface area contributed by atoms with Crippen molar-refractivity contribution in [3.8, 4) is 22.9 Å². The lowest BCUT2D eigenvalue weighted by atomic mass is 10.2. The van der Waals surface area contributed by atoms with Crippen LogP contribution in [0.5, 0.6) is 11.5 Å². The standard InChI is InChI=1S/C9H8BrN4O2/c1-15-7-3-5(9-11-13-14-12-9)6(10)4-8(7)16-2/h3-4H,1-2H3/q-1. The summed E-state index contributed by atoms with van der Waals surface area (Å²) in [7, 11) is 3.14. The van der Waals surface area contributed by atoms with Gasteiger partial charge in [0.25, 0.3) is 0 Å². The Morgan fingerprint density at radius 3 is 2.44 bits per heavy atom. The molecule has 84 valence electrons. The number of benzene rings is 1. The molecule has 0 bridgehead atoms. The lowest BCUT2D eigenvalue weighted by molar-refractivity contribution is 0.355. The van der Waals surface area contributed by atoms with Crippen molar-refractivity contribution in [1.82, 2.24) is 20.6 Å². The first-order chi connectivity index (χ1) is 7.76. The third kappa shape index (κ3) is 1.85. The smallest absolute Gasteiger partial charge is 0.161 e. The Morgan fingerprint density at radius 2 is 1.88 bits per heavy atom. The van der Waals surface area contributed by atoms with Crippen LogP contribution in [0.1, 0.15) is 0 Å². The Morgan fingerprint density at radius 1 is 1.19 bits per heavy atom. The van der Waals surface area contributed by atoms with Crippen molar-refractivity contribution in [2.45, 2.75) is 0 Å². The van der Waals surface area contributed by atoms with Crippen LogP contribution >= 0.6 is 15.9 Å². The van der Waals surface area contributed by atoms with Gasteiger partial charge < -0.3 is 14.6 Å². The van der Waals surface area contributed by atoms with E-state index in [1.54, 1.807) is 26.4 Å². The van der Waals surface area contributed by atoms with Gasteiger partial charge in [0.15, 0.2) is 11.5 Å². The second-order valence-corrected chi connectivity index (χ2v) is 3.74. The van der Waals surface area contributed by atoms with Gasteiger partial charge in [0.1, 0.15) is 0 Å². The first-order valence-electron chi connectivity index (χ1n) is 4.37. The molecule has 0 aliphatic carbocycles. The zero-order chi connectivity index (χ0) is 11.5. The molecule has 0 aliphatic heterocycles. The third-order valence-electron chi connectivity index (χ3n) is 2.03. The predicted octanol–water partition coefficient (Wildman–Crippen LogP) is 1.28. The molecule has 16 heavy (non-hydrogen) atoms. The van der Waals surface area contributed by atoms with Crippen molar-refractivity contribution >= 4 is 15.9 Å². The molecular weight excluding hydrogens is 276 g/mol. The van der Waals surface area contributed by atoms with E-state index in [2.05, 4.69) is 36.6 Å². The summed E-state index contributed by atoms with van der Waals surface area (Å²) in [6, 6.07) is 3.55. The highest BCUT2D eigenvalue weighted by atomic mass is 79.9. The maximum absolute atomic E-state index is 5.19. The highest BCUT2D eigenvalue weighted by Gasteiger charge is 2.10. The molecule has 0 N–H and O–H groups in total. The van der Waals surface area contributed by atoms with Gasteiger partial charge in [0.05, 0.1) is 14.2 Å². The summed E-state index contributed by atoms with van der Waals surface area (Å²) in [4.78, 5) is 0. The maximum atomic E-state index is 5.19. The lowest BCUT2D eigenvalue weighted by Crippen LogP contribution is -1.93. The summed E-state index contributed by atoms with van der Waals surface area (Å²) in [5, 5.41) is 14.4. The van der Waals surface area contributed by atoms with E-state index >= 15 is 0 Å². The summed E-state index contributed by atoms with van der Waals surface area (Å²) in [6.45, 7) is 0. The monoisotopic (exact) mass is 283 g/mol. The number of nitrogens with zero attached hydrogens (tertiary/aromatic N) is 4. The van der Waals surface area contributed by atoms with Crippen LogP contribution in [-0.2, 0) is 0 Å². The summed E-state index contributed by atoms with van der Waals surface area (Å²) in [5.41, 5.74) is 0.752. The van der Waals surface area contributed by atoms with Crippen LogP contribution in [0.4, 0.5) is 0 Å². The van der Waals surface area contributed by atoms with Gasteiger partial charge in [-0.25, -0.2) is 0 Å². The van der Waals surface area contributed by atoms with Crippen molar-refractivity contribution < 1.29 is 9.47 Å². The van der Waals surface area contributed by atoms with E-state index in [0.29, 0.717) is 17.3 Å². The fraction of sp³-hybridized carbons (Fsp3) is 0.222. The van der Waals surface area contributed by atoms with Crippen molar-refractivity contribution in [3.05, 3.63) is 16.6 Å². The molecule has 1 aromatic carbocycles. The largest absolute Gasteiger partial charge is 0.493 e. The molecule has 6 nitrogen and oxygen atoms in total. The molecule has 2 aromatic rings. The summed E-state index contributed by atoms with van der Waals surface area (Å²) in [6.07, 6.45) is 0. The highest BCUT2D eigenvalue weighted by Crippen LogP contribution is 2.36. The first kappa shape index (κ1) is 10.9. The molecule has 0 radical (unpaired) electrons. The third-order valence-corrected chi connectivity index (χ3v) is 2.69. The molecule has 0 unspecified atom stereocenters. The second kappa shape index (κ2) is 4.48. The normalized spacial score (nSPS) is 10.2. The van der Waals surface area contributed by atoms with Gasteiger partial charge in [-0.3, -0.25) is 10.3 Å². The number of hydrogen-bond donors (Lipinski definition) is 0. The minimum atomic E-state index is 0.438. The van der Waals surface area contributed by atoms with E-state index in [0.717, 1.165) is 10.0 Å². The number of hydrogen-bond acceptors (Lipinski definition) is 5. The quantitative estimate of drug-likeness (QED) is 0.845. The zero-order valence-corrected chi connectivity index (χ0v) is 10.2. The highest BCUT2D eigenvalue weighted by molar-refractivity contribution is 9.10. The lowest BCUT2D eigenvalue weighted by Gasteiger charge is -2.11. The zero-order valence-electron chi connectivity index (χ0n) is 8.64. The number of ether oxygens (including phenoxy) is 2. The van der Waals surface area contributed by atoms with Crippen LogP contribution in [0.25, 0.3) is 11.4 Å². The Bertz CT molecular complexity index is 487. The number of tetrazole rings is 1. The molecule has 0 atom stereocenters.